The number of carbonyl (C=O) groups is 1. The molecule has 0 bridgehead atoms. The van der Waals surface area contributed by atoms with E-state index in [4.69, 9.17) is 6.42 Å². The molecule has 0 heterocycles. The van der Waals surface area contributed by atoms with Crippen LogP contribution in [-0.2, 0) is 4.79 Å². The number of terminal acetylenes is 1. The number of rotatable bonds is 4. The maximum atomic E-state index is 12.5. The Hall–Kier alpha value is -1.32. The van der Waals surface area contributed by atoms with Crippen LogP contribution in [0, 0.1) is 12.3 Å². The van der Waals surface area contributed by atoms with Crippen molar-refractivity contribution in [3.63, 3.8) is 0 Å². The molecule has 0 spiro atoms. The van der Waals surface area contributed by atoms with Gasteiger partial charge in [-0.25, -0.2) is 0 Å². The second kappa shape index (κ2) is 5.14. The first-order valence-electron chi connectivity index (χ1n) is 4.35. The van der Waals surface area contributed by atoms with Gasteiger partial charge in [0.2, 0.25) is 0 Å². The van der Waals surface area contributed by atoms with Crippen molar-refractivity contribution in [2.75, 3.05) is 0 Å². The van der Waals surface area contributed by atoms with E-state index in [1.54, 1.807) is 5.32 Å². The summed E-state index contributed by atoms with van der Waals surface area (Å²) in [5.41, 5.74) is 0. The van der Waals surface area contributed by atoms with Crippen molar-refractivity contribution in [3.05, 3.63) is 0 Å². The highest BCUT2D eigenvalue weighted by Crippen LogP contribution is 2.35. The van der Waals surface area contributed by atoms with Gasteiger partial charge in [0.1, 0.15) is 0 Å². The molecule has 16 heavy (non-hydrogen) atoms. The molecule has 1 unspecified atom stereocenters. The van der Waals surface area contributed by atoms with E-state index in [1.807, 2.05) is 0 Å². The Bertz CT molecular complexity index is 291. The lowest BCUT2D eigenvalue weighted by Crippen LogP contribution is -2.52. The molecule has 0 rings (SSSR count). The molecular weight excluding hydrogens is 233 g/mol. The van der Waals surface area contributed by atoms with E-state index in [0.717, 1.165) is 0 Å². The number of carbonyl (C=O) groups excluding carboxylic acids is 1. The van der Waals surface area contributed by atoms with E-state index in [-0.39, 0.29) is 12.8 Å². The number of hydrogen-bond donors (Lipinski definition) is 1. The third-order valence-corrected chi connectivity index (χ3v) is 1.83. The molecule has 0 radical (unpaired) electrons. The molecule has 0 aliphatic rings. The predicted octanol–water partition coefficient (Wildman–Crippen LogP) is 2.10. The zero-order valence-corrected chi connectivity index (χ0v) is 8.37. The molecule has 0 saturated carbocycles. The van der Waals surface area contributed by atoms with E-state index in [9.17, 15) is 26.7 Å². The van der Waals surface area contributed by atoms with E-state index in [1.165, 1.54) is 6.92 Å². The molecule has 1 amide bonds. The minimum absolute atomic E-state index is 0.101. The first-order valence-corrected chi connectivity index (χ1v) is 4.35. The van der Waals surface area contributed by atoms with Gasteiger partial charge in [0.25, 0.3) is 0 Å². The molecule has 0 aliphatic heterocycles. The van der Waals surface area contributed by atoms with E-state index in [2.05, 4.69) is 5.92 Å². The summed E-state index contributed by atoms with van der Waals surface area (Å²) >= 11 is 0. The van der Waals surface area contributed by atoms with Gasteiger partial charge in [-0.3, -0.25) is 4.79 Å². The normalized spacial score (nSPS) is 14.1. The molecule has 1 atom stereocenters. The van der Waals surface area contributed by atoms with Crippen LogP contribution >= 0.6 is 0 Å². The summed E-state index contributed by atoms with van der Waals surface area (Å²) in [7, 11) is 0. The minimum atomic E-state index is -5.90. The highest BCUT2D eigenvalue weighted by Gasteiger charge is 2.63. The monoisotopic (exact) mass is 243 g/mol. The van der Waals surface area contributed by atoms with Crippen LogP contribution in [0.5, 0.6) is 0 Å². The van der Waals surface area contributed by atoms with Crippen molar-refractivity contribution in [1.29, 1.82) is 0 Å². The van der Waals surface area contributed by atoms with Crippen molar-refractivity contribution < 1.29 is 26.7 Å². The van der Waals surface area contributed by atoms with Gasteiger partial charge in [-0.1, -0.05) is 6.92 Å². The quantitative estimate of drug-likeness (QED) is 0.594. The third kappa shape index (κ3) is 3.36. The maximum absolute atomic E-state index is 12.5. The fourth-order valence-electron chi connectivity index (χ4n) is 0.844. The van der Waals surface area contributed by atoms with Crippen LogP contribution in [0.15, 0.2) is 0 Å². The zero-order valence-electron chi connectivity index (χ0n) is 8.37. The lowest BCUT2D eigenvalue weighted by Gasteiger charge is -2.21. The first kappa shape index (κ1) is 14.7. The van der Waals surface area contributed by atoms with E-state index in [0.29, 0.717) is 0 Å². The summed E-state index contributed by atoms with van der Waals surface area (Å²) in [5.74, 6) is -5.69. The van der Waals surface area contributed by atoms with Gasteiger partial charge < -0.3 is 5.32 Å². The van der Waals surface area contributed by atoms with Gasteiger partial charge in [0.05, 0.1) is 0 Å². The van der Waals surface area contributed by atoms with Gasteiger partial charge in [0.15, 0.2) is 0 Å². The van der Waals surface area contributed by atoms with E-state index < -0.39 is 24.0 Å². The molecular formula is C9H10F5NO. The largest absolute Gasteiger partial charge is 0.463 e. The Morgan fingerprint density at radius 3 is 2.19 bits per heavy atom. The van der Waals surface area contributed by atoms with Crippen LogP contribution in [0.2, 0.25) is 0 Å². The number of amides is 1. The second-order valence-electron chi connectivity index (χ2n) is 3.06. The Kier molecular flexibility index (Phi) is 4.72. The third-order valence-electron chi connectivity index (χ3n) is 1.83. The lowest BCUT2D eigenvalue weighted by molar-refractivity contribution is -0.270. The molecule has 7 heteroatoms. The predicted molar refractivity (Wildman–Crippen MR) is 46.7 cm³/mol. The fourth-order valence-corrected chi connectivity index (χ4v) is 0.844. The van der Waals surface area contributed by atoms with Crippen molar-refractivity contribution in [2.24, 2.45) is 0 Å². The molecule has 0 aliphatic carbocycles. The number of hydrogen-bond acceptors (Lipinski definition) is 1. The average molecular weight is 243 g/mol. The van der Waals surface area contributed by atoms with Gasteiger partial charge >= 0.3 is 18.0 Å². The van der Waals surface area contributed by atoms with Gasteiger partial charge in [-0.05, 0) is 6.42 Å². The SMILES string of the molecule is C#CCC(CC)NC(=O)C(F)(F)C(F)(F)F. The fraction of sp³-hybridized carbons (Fsp3) is 0.667. The number of alkyl halides is 5. The second-order valence-corrected chi connectivity index (χ2v) is 3.06. The van der Waals surface area contributed by atoms with E-state index >= 15 is 0 Å². The average Bonchev–Trinajstić information content (AvgIpc) is 2.15. The molecule has 92 valence electrons. The van der Waals surface area contributed by atoms with Gasteiger partial charge in [-0.15, -0.1) is 12.3 Å². The molecule has 0 aromatic rings. The van der Waals surface area contributed by atoms with Crippen LogP contribution in [0.25, 0.3) is 0 Å². The topological polar surface area (TPSA) is 29.1 Å². The van der Waals surface area contributed by atoms with Crippen molar-refractivity contribution in [2.45, 2.75) is 37.9 Å². The summed E-state index contributed by atoms with van der Waals surface area (Å²) in [6.07, 6.45) is -0.963. The Balaban J connectivity index is 4.64. The molecule has 1 N–H and O–H groups in total. The molecule has 0 aromatic heterocycles. The summed E-state index contributed by atoms with van der Waals surface area (Å²) in [5, 5.41) is 1.56. The standard InChI is InChI=1S/C9H10F5NO/c1-3-5-6(4-2)15-7(16)8(10,11)9(12,13)14/h1,6H,4-5H2,2H3,(H,15,16). The highest BCUT2D eigenvalue weighted by molar-refractivity contribution is 5.84. The van der Waals surface area contributed by atoms with Gasteiger partial charge in [0, 0.05) is 12.5 Å². The number of halogens is 5. The highest BCUT2D eigenvalue weighted by atomic mass is 19.4. The molecule has 0 saturated heterocycles. The van der Waals surface area contributed by atoms with Crippen LogP contribution in [0.1, 0.15) is 19.8 Å². The lowest BCUT2D eigenvalue weighted by atomic mass is 10.1. The zero-order chi connectivity index (χ0) is 13.0. The molecule has 0 aromatic carbocycles. The van der Waals surface area contributed by atoms with Gasteiger partial charge in [-0.2, -0.15) is 22.0 Å². The smallest absolute Gasteiger partial charge is 0.347 e. The molecule has 2 nitrogen and oxygen atoms in total. The Morgan fingerprint density at radius 1 is 1.38 bits per heavy atom. The van der Waals surface area contributed by atoms with Crippen molar-refractivity contribution in [3.8, 4) is 12.3 Å². The minimum Gasteiger partial charge on any atom is -0.347 e. The summed E-state index contributed by atoms with van der Waals surface area (Å²) in [4.78, 5) is 10.7. The maximum Gasteiger partial charge on any atom is 0.463 e. The number of nitrogens with one attached hydrogen (secondary N) is 1. The molecule has 0 fully saturated rings. The Labute approximate surface area is 89.2 Å². The van der Waals surface area contributed by atoms with Crippen molar-refractivity contribution >= 4 is 5.91 Å². The van der Waals surface area contributed by atoms with Crippen molar-refractivity contribution in [1.82, 2.24) is 5.32 Å². The summed E-state index contributed by atoms with van der Waals surface area (Å²) in [6.45, 7) is 1.51. The summed E-state index contributed by atoms with van der Waals surface area (Å²) < 4.78 is 60.3. The first-order chi connectivity index (χ1) is 7.16. The van der Waals surface area contributed by atoms with Crippen LogP contribution in [0.4, 0.5) is 22.0 Å². The Morgan fingerprint density at radius 2 is 1.88 bits per heavy atom. The van der Waals surface area contributed by atoms with Crippen LogP contribution < -0.4 is 5.32 Å². The van der Waals surface area contributed by atoms with Crippen LogP contribution in [-0.4, -0.2) is 24.0 Å². The summed E-state index contributed by atoms with van der Waals surface area (Å²) in [6, 6.07) is -0.884. The van der Waals surface area contributed by atoms with Crippen LogP contribution in [0.3, 0.4) is 0 Å².